The van der Waals surface area contributed by atoms with Crippen molar-refractivity contribution in [1.82, 2.24) is 9.62 Å². The third-order valence-electron chi connectivity index (χ3n) is 2.42. The first-order chi connectivity index (χ1) is 6.01. The van der Waals surface area contributed by atoms with Crippen molar-refractivity contribution in [2.75, 3.05) is 25.9 Å². The monoisotopic (exact) mass is 206 g/mol. The van der Waals surface area contributed by atoms with Gasteiger partial charge in [-0.2, -0.15) is 0 Å². The molecule has 5 heteroatoms. The minimum atomic E-state index is -3.02. The number of nitrogens with zero attached hydrogens (tertiary/aromatic N) is 1. The lowest BCUT2D eigenvalue weighted by Crippen LogP contribution is -2.44. The summed E-state index contributed by atoms with van der Waals surface area (Å²) < 4.78 is 24.5. The van der Waals surface area contributed by atoms with Gasteiger partial charge in [-0.1, -0.05) is 6.92 Å². The molecule has 1 heterocycles. The molecule has 0 radical (unpaired) electrons. The van der Waals surface area contributed by atoms with Gasteiger partial charge in [-0.3, -0.25) is 0 Å². The number of hydrogen-bond acceptors (Lipinski definition) is 3. The molecule has 1 aliphatic heterocycles. The van der Waals surface area contributed by atoms with Gasteiger partial charge in [-0.15, -0.1) is 0 Å². The molecule has 13 heavy (non-hydrogen) atoms. The average Bonchev–Trinajstić information content (AvgIpc) is 2.03. The summed E-state index contributed by atoms with van der Waals surface area (Å²) >= 11 is 0. The van der Waals surface area contributed by atoms with Gasteiger partial charge in [0.2, 0.25) is 10.0 Å². The maximum Gasteiger partial charge on any atom is 0.208 e. The Morgan fingerprint density at radius 1 is 1.38 bits per heavy atom. The van der Waals surface area contributed by atoms with Gasteiger partial charge in [-0.05, 0) is 32.5 Å². The fraction of sp³-hybridized carbons (Fsp3) is 1.00. The second-order valence-corrected chi connectivity index (χ2v) is 5.38. The fourth-order valence-corrected chi connectivity index (χ4v) is 2.51. The molecule has 0 aromatic heterocycles. The molecule has 0 aliphatic carbocycles. The summed E-state index contributed by atoms with van der Waals surface area (Å²) in [6.45, 7) is 5.20. The SMILES string of the molecule is CCN1CCC(NS(C)(=O)=O)CC1. The third kappa shape index (κ3) is 4.06. The van der Waals surface area contributed by atoms with Gasteiger partial charge < -0.3 is 4.90 Å². The highest BCUT2D eigenvalue weighted by atomic mass is 32.2. The Kier molecular flexibility index (Phi) is 3.70. The van der Waals surface area contributed by atoms with Crippen LogP contribution < -0.4 is 4.72 Å². The van der Waals surface area contributed by atoms with E-state index in [-0.39, 0.29) is 6.04 Å². The topological polar surface area (TPSA) is 49.4 Å². The van der Waals surface area contributed by atoms with Gasteiger partial charge >= 0.3 is 0 Å². The summed E-state index contributed by atoms with van der Waals surface area (Å²) in [4.78, 5) is 2.33. The normalized spacial score (nSPS) is 22.0. The van der Waals surface area contributed by atoms with Crippen molar-refractivity contribution >= 4 is 10.0 Å². The van der Waals surface area contributed by atoms with Crippen LogP contribution >= 0.6 is 0 Å². The number of likely N-dealkylation sites (tertiary alicyclic amines) is 1. The lowest BCUT2D eigenvalue weighted by molar-refractivity contribution is 0.217. The van der Waals surface area contributed by atoms with Crippen LogP contribution in [0.15, 0.2) is 0 Å². The summed E-state index contributed by atoms with van der Waals surface area (Å²) in [5, 5.41) is 0. The quantitative estimate of drug-likeness (QED) is 0.708. The van der Waals surface area contributed by atoms with E-state index in [2.05, 4.69) is 16.5 Å². The van der Waals surface area contributed by atoms with E-state index < -0.39 is 10.0 Å². The molecule has 0 bridgehead atoms. The van der Waals surface area contributed by atoms with Crippen LogP contribution in [0.5, 0.6) is 0 Å². The second-order valence-electron chi connectivity index (χ2n) is 3.60. The van der Waals surface area contributed by atoms with Gasteiger partial charge in [0.05, 0.1) is 6.26 Å². The van der Waals surface area contributed by atoms with E-state index in [1.807, 2.05) is 0 Å². The summed E-state index contributed by atoms with van der Waals surface area (Å²) in [5.74, 6) is 0. The molecule has 4 nitrogen and oxygen atoms in total. The Labute approximate surface area is 80.4 Å². The molecular weight excluding hydrogens is 188 g/mol. The van der Waals surface area contributed by atoms with Crippen LogP contribution in [0, 0.1) is 0 Å². The van der Waals surface area contributed by atoms with Crippen LogP contribution in [0.3, 0.4) is 0 Å². The molecule has 1 rings (SSSR count). The second kappa shape index (κ2) is 4.39. The van der Waals surface area contributed by atoms with Crippen LogP contribution in [0.25, 0.3) is 0 Å². The van der Waals surface area contributed by atoms with Crippen molar-refractivity contribution in [2.45, 2.75) is 25.8 Å². The third-order valence-corrected chi connectivity index (χ3v) is 3.18. The predicted octanol–water partition coefficient (Wildman–Crippen LogP) is 0.0199. The number of rotatable bonds is 3. The zero-order valence-corrected chi connectivity index (χ0v) is 9.10. The maximum atomic E-state index is 10.9. The van der Waals surface area contributed by atoms with Crippen LogP contribution in [0.4, 0.5) is 0 Å². The number of sulfonamides is 1. The summed E-state index contributed by atoms with van der Waals surface area (Å²) in [7, 11) is -3.02. The molecule has 0 saturated carbocycles. The zero-order chi connectivity index (χ0) is 9.90. The average molecular weight is 206 g/mol. The Balaban J connectivity index is 2.33. The molecule has 78 valence electrons. The highest BCUT2D eigenvalue weighted by Crippen LogP contribution is 2.10. The first-order valence-corrected chi connectivity index (χ1v) is 6.60. The largest absolute Gasteiger partial charge is 0.303 e. The minimum absolute atomic E-state index is 0.151. The van der Waals surface area contributed by atoms with Gasteiger partial charge in [0.1, 0.15) is 0 Å². The first-order valence-electron chi connectivity index (χ1n) is 4.71. The molecule has 0 unspecified atom stereocenters. The Morgan fingerprint density at radius 3 is 2.31 bits per heavy atom. The molecule has 1 N–H and O–H groups in total. The van der Waals surface area contributed by atoms with Crippen molar-refractivity contribution in [2.24, 2.45) is 0 Å². The van der Waals surface area contributed by atoms with Crippen molar-refractivity contribution in [1.29, 1.82) is 0 Å². The van der Waals surface area contributed by atoms with Crippen LogP contribution in [-0.4, -0.2) is 45.2 Å². The van der Waals surface area contributed by atoms with Crippen LogP contribution in [0.1, 0.15) is 19.8 Å². The standard InChI is InChI=1S/C8H18N2O2S/c1-3-10-6-4-8(5-7-10)9-13(2,11)12/h8-9H,3-7H2,1-2H3. The van der Waals surface area contributed by atoms with Crippen molar-refractivity contribution < 1.29 is 8.42 Å². The molecular formula is C8H18N2O2S. The van der Waals surface area contributed by atoms with Crippen molar-refractivity contribution in [3.8, 4) is 0 Å². The number of hydrogen-bond donors (Lipinski definition) is 1. The fourth-order valence-electron chi connectivity index (χ4n) is 1.67. The molecule has 0 aromatic carbocycles. The van der Waals surface area contributed by atoms with Crippen molar-refractivity contribution in [3.05, 3.63) is 0 Å². The molecule has 1 saturated heterocycles. The van der Waals surface area contributed by atoms with Gasteiger partial charge in [0.15, 0.2) is 0 Å². The Morgan fingerprint density at radius 2 is 1.92 bits per heavy atom. The van der Waals surface area contributed by atoms with Gasteiger partial charge in [0.25, 0.3) is 0 Å². The number of nitrogens with one attached hydrogen (secondary N) is 1. The van der Waals surface area contributed by atoms with E-state index >= 15 is 0 Å². The predicted molar refractivity (Wildman–Crippen MR) is 53.1 cm³/mol. The van der Waals surface area contributed by atoms with Gasteiger partial charge in [0, 0.05) is 6.04 Å². The van der Waals surface area contributed by atoms with Crippen LogP contribution in [-0.2, 0) is 10.0 Å². The smallest absolute Gasteiger partial charge is 0.208 e. The lowest BCUT2D eigenvalue weighted by Gasteiger charge is -2.30. The molecule has 0 spiro atoms. The van der Waals surface area contributed by atoms with E-state index in [0.29, 0.717) is 0 Å². The highest BCUT2D eigenvalue weighted by Gasteiger charge is 2.20. The van der Waals surface area contributed by atoms with Gasteiger partial charge in [-0.25, -0.2) is 13.1 Å². The minimum Gasteiger partial charge on any atom is -0.303 e. The van der Waals surface area contributed by atoms with E-state index in [1.165, 1.54) is 6.26 Å². The molecule has 0 aromatic rings. The molecule has 0 atom stereocenters. The Hall–Kier alpha value is -0.130. The van der Waals surface area contributed by atoms with Crippen LogP contribution in [0.2, 0.25) is 0 Å². The first kappa shape index (κ1) is 10.9. The molecule has 1 aliphatic rings. The van der Waals surface area contributed by atoms with E-state index in [4.69, 9.17) is 0 Å². The summed E-state index contributed by atoms with van der Waals surface area (Å²) in [6, 6.07) is 0.151. The van der Waals surface area contributed by atoms with E-state index in [1.54, 1.807) is 0 Å². The summed E-state index contributed by atoms with van der Waals surface area (Å²) in [6.07, 6.45) is 3.08. The highest BCUT2D eigenvalue weighted by molar-refractivity contribution is 7.88. The van der Waals surface area contributed by atoms with E-state index in [9.17, 15) is 8.42 Å². The maximum absolute atomic E-state index is 10.9. The molecule has 1 fully saturated rings. The lowest BCUT2D eigenvalue weighted by atomic mass is 10.1. The summed E-state index contributed by atoms with van der Waals surface area (Å²) in [5.41, 5.74) is 0. The van der Waals surface area contributed by atoms with Crippen molar-refractivity contribution in [3.63, 3.8) is 0 Å². The number of piperidine rings is 1. The molecule has 0 amide bonds. The Bertz CT molecular complexity index is 243. The van der Waals surface area contributed by atoms with E-state index in [0.717, 1.165) is 32.5 Å². The zero-order valence-electron chi connectivity index (χ0n) is 8.28.